The van der Waals surface area contributed by atoms with Gasteiger partial charge >= 0.3 is 0 Å². The van der Waals surface area contributed by atoms with Gasteiger partial charge in [-0.1, -0.05) is 240 Å². The fourth-order valence-corrected chi connectivity index (χ4v) is 24.3. The number of hydrogen-bond acceptors (Lipinski definition) is 8. The number of likely N-dealkylation sites (N-methyl/N-ethyl adjacent to an activating group) is 1. The molecular weight excluding hydrogens is 1500 g/mol. The van der Waals surface area contributed by atoms with Gasteiger partial charge in [-0.3, -0.25) is 0 Å². The Morgan fingerprint density at radius 3 is 1.64 bits per heavy atom. The average Bonchev–Trinajstić information content (AvgIpc) is 0.811. The first kappa shape index (κ1) is 92.2. The van der Waals surface area contributed by atoms with Crippen molar-refractivity contribution in [2.45, 2.75) is 293 Å². The molecule has 8 nitrogen and oxygen atoms in total. The number of halogens is 1. The highest BCUT2D eigenvalue weighted by Crippen LogP contribution is 2.49. The molecule has 1 aliphatic heterocycles. The number of anilines is 5. The highest BCUT2D eigenvalue weighted by Gasteiger charge is 2.35. The molecule has 14 rings (SSSR count). The van der Waals surface area contributed by atoms with Crippen LogP contribution in [0.5, 0.6) is 5.75 Å². The monoisotopic (exact) mass is 1660 g/mol. The topological polar surface area (TPSA) is 82.6 Å². The minimum Gasteiger partial charge on any atom is -0.494 e. The number of nitrogens with one attached hydrogen (secondary N) is 2. The van der Waals surface area contributed by atoms with E-state index in [2.05, 4.69) is 244 Å². The SMILES string of the molecule is CCCP(C)(=O)c1ccccc1Nc1nc(Nc2ccc(N3CCN(C)CC3)cc2OC)ncc1Cl.CCc1cc(C2CCC(C3CCC(C(C)CC)CC3)CC2)ccc1CC1C=C(Cc2ccccc2C(C)(C)C)C(C)=CC1.CCc1cc(C2CCC(C3CCC(C)CC3)CC2)c(C)cc1CC1C=C(Cc2ccccc2C(C)(C)C)C(C)=CC1. The van der Waals surface area contributed by atoms with Gasteiger partial charge in [-0.15, -0.1) is 0 Å². The van der Waals surface area contributed by atoms with E-state index in [0.29, 0.717) is 40.5 Å². The lowest BCUT2D eigenvalue weighted by atomic mass is 9.66. The van der Waals surface area contributed by atoms with Crippen molar-refractivity contribution < 1.29 is 9.30 Å². The molecule has 2 N–H and O–H groups in total. The zero-order valence-corrected chi connectivity index (χ0v) is 79.3. The van der Waals surface area contributed by atoms with Gasteiger partial charge in [-0.05, 0) is 355 Å². The third kappa shape index (κ3) is 24.3. The van der Waals surface area contributed by atoms with E-state index in [0.717, 1.165) is 134 Å². The molecule has 1 saturated heterocycles. The molecule has 4 unspecified atom stereocenters. The summed E-state index contributed by atoms with van der Waals surface area (Å²) in [7, 11) is 1.28. The van der Waals surface area contributed by atoms with Crippen LogP contribution in [0.4, 0.5) is 28.8 Å². The first-order valence-electron chi connectivity index (χ1n) is 47.6. The Bertz CT molecular complexity index is 4680. The second-order valence-electron chi connectivity index (χ2n) is 40.4. The number of aromatic nitrogens is 2. The summed E-state index contributed by atoms with van der Waals surface area (Å²) in [6.07, 6.45) is 47.2. The number of para-hydroxylation sites is 1. The molecule has 6 aromatic carbocycles. The van der Waals surface area contributed by atoms with E-state index in [4.69, 9.17) is 16.3 Å². The molecule has 7 aromatic rings. The standard InChI is InChI=1S/C43H62.C41H58.C26H34ClN6O2P/c1-8-30(3)34-16-18-35(19-17-34)36-20-22-37(23-21-36)39-25-24-38(33(9-2)28-39)26-32-15-14-31(4)41(27-32)29-40-12-10-11-13-42(40)43(5,6)7;1-8-32-27-39(35-21-19-34(20-22-35)33-17-13-28(2)14-18-33)30(4)23-38(32)25-31-16-15-29(3)37(24-31)26-36-11-9-10-12-40(36)41(5,6)7;1-5-16-36(4,34)24-9-7-6-8-22(24)29-25-20(27)18-28-26(31-25)30-21-11-10-19(17-23(21)35-3)33-14-12-32(2)13-15-33/h10-14,24-25,27-28,30,32,34-37H,8-9,15-23,26,29H2,1-7H3;9-12,15,23-24,27-28,31,33-35H,8,13-14,16-22,25-26H2,1-7H3;6-11,17-18H,5,12-16H2,1-4H3,(H2,28,29,30,31). The first-order chi connectivity index (χ1) is 57.6. The second kappa shape index (κ2) is 42.6. The average molecular weight is 1660 g/mol. The largest absolute Gasteiger partial charge is 0.494 e. The fourth-order valence-electron chi connectivity index (χ4n) is 22.0. The summed E-state index contributed by atoms with van der Waals surface area (Å²) in [5, 5.41) is 7.69. The number of piperazine rings is 1. The summed E-state index contributed by atoms with van der Waals surface area (Å²) >= 11 is 6.43. The van der Waals surface area contributed by atoms with E-state index in [1.54, 1.807) is 52.3 Å². The van der Waals surface area contributed by atoms with Crippen molar-refractivity contribution in [3.8, 4) is 5.75 Å². The predicted molar refractivity (Wildman–Crippen MR) is 518 cm³/mol. The van der Waals surface area contributed by atoms with E-state index >= 15 is 0 Å². The zero-order chi connectivity index (χ0) is 85.4. The van der Waals surface area contributed by atoms with Crippen molar-refractivity contribution in [1.29, 1.82) is 0 Å². The zero-order valence-electron chi connectivity index (χ0n) is 77.6. The molecule has 0 radical (unpaired) electrons. The van der Waals surface area contributed by atoms with Gasteiger partial charge < -0.3 is 29.7 Å². The van der Waals surface area contributed by atoms with E-state index in [1.165, 1.54) is 179 Å². The van der Waals surface area contributed by atoms with Crippen LogP contribution in [0.15, 0.2) is 174 Å². The van der Waals surface area contributed by atoms with Gasteiger partial charge in [0, 0.05) is 49.4 Å². The maximum absolute atomic E-state index is 13.3. The van der Waals surface area contributed by atoms with Gasteiger partial charge in [-0.2, -0.15) is 4.98 Å². The Morgan fingerprint density at radius 1 is 0.567 bits per heavy atom. The summed E-state index contributed by atoms with van der Waals surface area (Å²) in [4.78, 5) is 13.6. The normalized spacial score (nSPS) is 23.9. The van der Waals surface area contributed by atoms with Gasteiger partial charge in [0.25, 0.3) is 0 Å². The summed E-state index contributed by atoms with van der Waals surface area (Å²) < 4.78 is 19.0. The van der Waals surface area contributed by atoms with E-state index in [9.17, 15) is 4.57 Å². The Hall–Kier alpha value is -6.96. The second-order valence-corrected chi connectivity index (χ2v) is 43.9. The quantitative estimate of drug-likeness (QED) is 0.0548. The third-order valence-electron chi connectivity index (χ3n) is 29.8. The Balaban J connectivity index is 0.000000166. The summed E-state index contributed by atoms with van der Waals surface area (Å²) in [5.74, 6) is 11.2. The maximum atomic E-state index is 13.3. The Morgan fingerprint density at radius 2 is 1.09 bits per heavy atom. The van der Waals surface area contributed by atoms with Crippen LogP contribution >= 0.6 is 18.7 Å². The van der Waals surface area contributed by atoms with Gasteiger partial charge in [0.1, 0.15) is 17.9 Å². The lowest BCUT2D eigenvalue weighted by molar-refractivity contribution is 0.137. The van der Waals surface area contributed by atoms with Crippen LogP contribution < -0.4 is 25.6 Å². The summed E-state index contributed by atoms with van der Waals surface area (Å²) in [6, 6.07) is 44.8. The molecule has 1 aromatic heterocycles. The molecule has 4 saturated carbocycles. The number of methoxy groups -OCH3 is 1. The number of aryl methyl sites for hydroxylation is 3. The minimum absolute atomic E-state index is 0.173. The van der Waals surface area contributed by atoms with Crippen molar-refractivity contribution in [2.24, 2.45) is 53.3 Å². The van der Waals surface area contributed by atoms with Gasteiger partial charge in [-0.25, -0.2) is 4.98 Å². The molecule has 10 heteroatoms. The van der Waals surface area contributed by atoms with Crippen LogP contribution in [-0.2, 0) is 53.9 Å². The van der Waals surface area contributed by atoms with Crippen LogP contribution in [-0.4, -0.2) is 68.0 Å². The van der Waals surface area contributed by atoms with Crippen LogP contribution in [0.2, 0.25) is 5.02 Å². The van der Waals surface area contributed by atoms with Crippen LogP contribution in [0.25, 0.3) is 0 Å². The lowest BCUT2D eigenvalue weighted by Crippen LogP contribution is -2.44. The number of ether oxygens (including phenoxy) is 1. The molecule has 5 fully saturated rings. The van der Waals surface area contributed by atoms with Gasteiger partial charge in [0.15, 0.2) is 5.82 Å². The van der Waals surface area contributed by atoms with Gasteiger partial charge in [0.2, 0.25) is 5.95 Å². The molecule has 0 amide bonds. The highest BCUT2D eigenvalue weighted by molar-refractivity contribution is 7.71. The highest BCUT2D eigenvalue weighted by atomic mass is 35.5. The van der Waals surface area contributed by atoms with E-state index in [-0.39, 0.29) is 10.8 Å². The van der Waals surface area contributed by atoms with Crippen molar-refractivity contribution in [1.82, 2.24) is 14.9 Å². The number of benzene rings is 6. The molecule has 648 valence electrons. The van der Waals surface area contributed by atoms with Crippen LogP contribution in [0.3, 0.4) is 0 Å². The molecular formula is C110H154ClN6O2P. The maximum Gasteiger partial charge on any atom is 0.229 e. The number of nitrogens with zero attached hydrogens (tertiary/aromatic N) is 4. The fraction of sp³-hybridized carbons (Fsp3) is 0.564. The molecule has 2 heterocycles. The Kier molecular flexibility index (Phi) is 32.8. The number of allylic oxidation sites excluding steroid dienone is 8. The molecule has 6 aliphatic carbocycles. The number of hydrogen-bond donors (Lipinski definition) is 2. The molecule has 4 atom stereocenters. The third-order valence-corrected chi connectivity index (χ3v) is 32.8. The first-order valence-corrected chi connectivity index (χ1v) is 50.3. The Labute approximate surface area is 733 Å². The smallest absolute Gasteiger partial charge is 0.229 e. The van der Waals surface area contributed by atoms with Crippen molar-refractivity contribution in [2.75, 3.05) is 68.7 Å². The summed E-state index contributed by atoms with van der Waals surface area (Å²) in [6.45, 7) is 41.0. The number of rotatable bonds is 25. The summed E-state index contributed by atoms with van der Waals surface area (Å²) in [5.41, 5.74) is 26.2. The van der Waals surface area contributed by atoms with Crippen molar-refractivity contribution in [3.63, 3.8) is 0 Å². The molecule has 0 spiro atoms. The van der Waals surface area contributed by atoms with E-state index < -0.39 is 7.14 Å². The van der Waals surface area contributed by atoms with Crippen molar-refractivity contribution >= 4 is 52.9 Å². The predicted octanol–water partition coefficient (Wildman–Crippen LogP) is 29.4. The van der Waals surface area contributed by atoms with E-state index in [1.807, 2.05) is 50.0 Å². The van der Waals surface area contributed by atoms with Crippen molar-refractivity contribution in [3.05, 3.63) is 240 Å². The van der Waals surface area contributed by atoms with Crippen LogP contribution in [0.1, 0.15) is 298 Å². The molecule has 7 aliphatic rings. The molecule has 120 heavy (non-hydrogen) atoms. The molecule has 0 bridgehead atoms. The minimum atomic E-state index is -2.52. The van der Waals surface area contributed by atoms with Crippen LogP contribution in [0, 0.1) is 60.2 Å². The van der Waals surface area contributed by atoms with Gasteiger partial charge in [0.05, 0.1) is 24.7 Å². The lowest BCUT2D eigenvalue weighted by Gasteiger charge is -2.39.